The molecule has 0 radical (unpaired) electrons. The number of rotatable bonds is 6. The largest absolute Gasteiger partial charge is 0.392 e. The van der Waals surface area contributed by atoms with Gasteiger partial charge in [-0.25, -0.2) is 0 Å². The molecule has 0 aromatic heterocycles. The molecule has 1 fully saturated rings. The van der Waals surface area contributed by atoms with E-state index in [4.69, 9.17) is 0 Å². The van der Waals surface area contributed by atoms with Gasteiger partial charge in [0.2, 0.25) is 5.91 Å². The first kappa shape index (κ1) is 13.5. The van der Waals surface area contributed by atoms with Gasteiger partial charge in [0.1, 0.15) is 0 Å². The summed E-state index contributed by atoms with van der Waals surface area (Å²) in [6.45, 7) is 6.28. The number of hydrogen-bond donors (Lipinski definition) is 2. The Labute approximate surface area is 98.0 Å². The molecular weight excluding hydrogens is 204 g/mol. The number of aliphatic hydroxyl groups is 1. The zero-order valence-electron chi connectivity index (χ0n) is 10.4. The van der Waals surface area contributed by atoms with Crippen LogP contribution >= 0.6 is 0 Å². The molecule has 1 aliphatic heterocycles. The van der Waals surface area contributed by atoms with E-state index in [1.807, 2.05) is 11.8 Å². The second-order valence-corrected chi connectivity index (χ2v) is 4.61. The van der Waals surface area contributed by atoms with Crippen molar-refractivity contribution in [3.05, 3.63) is 0 Å². The lowest BCUT2D eigenvalue weighted by molar-refractivity contribution is -0.125. The van der Waals surface area contributed by atoms with E-state index in [9.17, 15) is 9.90 Å². The van der Waals surface area contributed by atoms with Gasteiger partial charge < -0.3 is 10.4 Å². The van der Waals surface area contributed by atoms with E-state index in [2.05, 4.69) is 12.2 Å². The van der Waals surface area contributed by atoms with Gasteiger partial charge in [-0.1, -0.05) is 19.8 Å². The van der Waals surface area contributed by atoms with Crippen LogP contribution in [0.25, 0.3) is 0 Å². The molecule has 0 aromatic carbocycles. The number of carbonyl (C=O) groups excluding carboxylic acids is 1. The fourth-order valence-electron chi connectivity index (χ4n) is 2.02. The summed E-state index contributed by atoms with van der Waals surface area (Å²) >= 11 is 0. The number of β-amino-alcohol motifs (C(OH)–C–C–N with tert-alkyl or cyclic N) is 1. The van der Waals surface area contributed by atoms with E-state index in [-0.39, 0.29) is 18.1 Å². The van der Waals surface area contributed by atoms with Crippen LogP contribution in [0.15, 0.2) is 0 Å². The van der Waals surface area contributed by atoms with Crippen molar-refractivity contribution in [2.45, 2.75) is 51.7 Å². The van der Waals surface area contributed by atoms with E-state index in [0.717, 1.165) is 32.4 Å². The second-order valence-electron chi connectivity index (χ2n) is 4.61. The van der Waals surface area contributed by atoms with Gasteiger partial charge in [0.05, 0.1) is 12.1 Å². The standard InChI is InChI=1S/C12H24N2O2/c1-3-4-5-7-13-12(16)10(2)14-8-6-11(15)9-14/h10-11,15H,3-9H2,1-2H3,(H,13,16). The van der Waals surface area contributed by atoms with Crippen molar-refractivity contribution in [2.24, 2.45) is 0 Å². The number of unbranched alkanes of at least 4 members (excludes halogenated alkanes) is 2. The van der Waals surface area contributed by atoms with Crippen LogP contribution in [0.4, 0.5) is 0 Å². The fraction of sp³-hybridized carbons (Fsp3) is 0.917. The Hall–Kier alpha value is -0.610. The summed E-state index contributed by atoms with van der Waals surface area (Å²) in [5, 5.41) is 12.3. The maximum absolute atomic E-state index is 11.8. The Morgan fingerprint density at radius 2 is 2.31 bits per heavy atom. The van der Waals surface area contributed by atoms with Crippen LogP contribution < -0.4 is 5.32 Å². The van der Waals surface area contributed by atoms with Crippen molar-refractivity contribution < 1.29 is 9.90 Å². The number of likely N-dealkylation sites (tertiary alicyclic amines) is 1. The van der Waals surface area contributed by atoms with E-state index in [1.54, 1.807) is 0 Å². The monoisotopic (exact) mass is 228 g/mol. The normalized spacial score (nSPS) is 23.3. The van der Waals surface area contributed by atoms with Crippen LogP contribution in [-0.4, -0.2) is 47.7 Å². The molecule has 2 atom stereocenters. The summed E-state index contributed by atoms with van der Waals surface area (Å²) in [5.41, 5.74) is 0. The molecular formula is C12H24N2O2. The maximum Gasteiger partial charge on any atom is 0.237 e. The molecule has 1 amide bonds. The van der Waals surface area contributed by atoms with Gasteiger partial charge in [-0.3, -0.25) is 9.69 Å². The Bertz CT molecular complexity index is 221. The molecule has 1 saturated heterocycles. The average molecular weight is 228 g/mol. The molecule has 2 N–H and O–H groups in total. The zero-order chi connectivity index (χ0) is 12.0. The summed E-state index contributed by atoms with van der Waals surface area (Å²) in [4.78, 5) is 13.8. The van der Waals surface area contributed by atoms with E-state index in [1.165, 1.54) is 6.42 Å². The van der Waals surface area contributed by atoms with Gasteiger partial charge in [-0.05, 0) is 19.8 Å². The first-order valence-electron chi connectivity index (χ1n) is 6.35. The second kappa shape index (κ2) is 6.86. The van der Waals surface area contributed by atoms with Crippen LogP contribution in [-0.2, 0) is 4.79 Å². The lowest BCUT2D eigenvalue weighted by Gasteiger charge is -2.22. The van der Waals surface area contributed by atoms with E-state index in [0.29, 0.717) is 6.54 Å². The Morgan fingerprint density at radius 3 is 2.88 bits per heavy atom. The molecule has 1 heterocycles. The third kappa shape index (κ3) is 4.10. The average Bonchev–Trinajstić information content (AvgIpc) is 2.70. The summed E-state index contributed by atoms with van der Waals surface area (Å²) in [5.74, 6) is 0.0882. The number of hydrogen-bond acceptors (Lipinski definition) is 3. The molecule has 2 unspecified atom stereocenters. The highest BCUT2D eigenvalue weighted by atomic mass is 16.3. The fourth-order valence-corrected chi connectivity index (χ4v) is 2.02. The van der Waals surface area contributed by atoms with Gasteiger partial charge >= 0.3 is 0 Å². The highest BCUT2D eigenvalue weighted by Crippen LogP contribution is 2.12. The van der Waals surface area contributed by atoms with Gasteiger partial charge in [0.15, 0.2) is 0 Å². The summed E-state index contributed by atoms with van der Waals surface area (Å²) in [6.07, 6.45) is 3.92. The molecule has 0 aromatic rings. The van der Waals surface area contributed by atoms with Crippen molar-refractivity contribution in [3.8, 4) is 0 Å². The Morgan fingerprint density at radius 1 is 1.56 bits per heavy atom. The molecule has 16 heavy (non-hydrogen) atoms. The zero-order valence-corrected chi connectivity index (χ0v) is 10.4. The van der Waals surface area contributed by atoms with Crippen molar-refractivity contribution in [1.29, 1.82) is 0 Å². The van der Waals surface area contributed by atoms with Gasteiger partial charge in [0.25, 0.3) is 0 Å². The molecule has 1 aliphatic rings. The van der Waals surface area contributed by atoms with Gasteiger partial charge in [-0.15, -0.1) is 0 Å². The molecule has 4 nitrogen and oxygen atoms in total. The number of amides is 1. The van der Waals surface area contributed by atoms with Crippen molar-refractivity contribution in [3.63, 3.8) is 0 Å². The van der Waals surface area contributed by atoms with E-state index < -0.39 is 0 Å². The lowest BCUT2D eigenvalue weighted by Crippen LogP contribution is -2.44. The summed E-state index contributed by atoms with van der Waals surface area (Å²) < 4.78 is 0. The molecule has 94 valence electrons. The predicted molar refractivity (Wildman–Crippen MR) is 64.2 cm³/mol. The van der Waals surface area contributed by atoms with Crippen LogP contribution in [0.2, 0.25) is 0 Å². The first-order valence-corrected chi connectivity index (χ1v) is 6.35. The Kier molecular flexibility index (Phi) is 5.77. The van der Waals surface area contributed by atoms with Gasteiger partial charge in [-0.2, -0.15) is 0 Å². The molecule has 0 spiro atoms. The smallest absolute Gasteiger partial charge is 0.237 e. The quantitative estimate of drug-likeness (QED) is 0.660. The minimum Gasteiger partial charge on any atom is -0.392 e. The van der Waals surface area contributed by atoms with Crippen molar-refractivity contribution in [2.75, 3.05) is 19.6 Å². The molecule has 4 heteroatoms. The van der Waals surface area contributed by atoms with Gasteiger partial charge in [0, 0.05) is 19.6 Å². The summed E-state index contributed by atoms with van der Waals surface area (Å²) in [7, 11) is 0. The minimum absolute atomic E-state index is 0.0882. The van der Waals surface area contributed by atoms with Crippen molar-refractivity contribution in [1.82, 2.24) is 10.2 Å². The van der Waals surface area contributed by atoms with E-state index >= 15 is 0 Å². The minimum atomic E-state index is -0.254. The number of nitrogens with zero attached hydrogens (tertiary/aromatic N) is 1. The predicted octanol–water partition coefficient (Wildman–Crippen LogP) is 0.748. The van der Waals surface area contributed by atoms with Crippen LogP contribution in [0.1, 0.15) is 39.5 Å². The number of carbonyl (C=O) groups is 1. The molecule has 0 aliphatic carbocycles. The highest BCUT2D eigenvalue weighted by Gasteiger charge is 2.27. The Balaban J connectivity index is 2.20. The molecule has 0 bridgehead atoms. The molecule has 0 saturated carbocycles. The topological polar surface area (TPSA) is 52.6 Å². The molecule has 1 rings (SSSR count). The number of nitrogens with one attached hydrogen (secondary N) is 1. The highest BCUT2D eigenvalue weighted by molar-refractivity contribution is 5.81. The summed E-state index contributed by atoms with van der Waals surface area (Å²) in [6, 6.07) is -0.112. The van der Waals surface area contributed by atoms with Crippen LogP contribution in [0.5, 0.6) is 0 Å². The number of aliphatic hydroxyl groups excluding tert-OH is 1. The third-order valence-electron chi connectivity index (χ3n) is 3.20. The SMILES string of the molecule is CCCCCNC(=O)C(C)N1CCC(O)C1. The van der Waals surface area contributed by atoms with Crippen LogP contribution in [0.3, 0.4) is 0 Å². The first-order chi connectivity index (χ1) is 7.65. The maximum atomic E-state index is 11.8. The third-order valence-corrected chi connectivity index (χ3v) is 3.20. The van der Waals surface area contributed by atoms with Crippen LogP contribution in [0, 0.1) is 0 Å². The lowest BCUT2D eigenvalue weighted by atomic mass is 10.2. The van der Waals surface area contributed by atoms with Crippen molar-refractivity contribution >= 4 is 5.91 Å².